The molecule has 2 N–H and O–H groups in total. The largest absolute Gasteiger partial charge is 0.477 e. The number of benzene rings is 1. The van der Waals surface area contributed by atoms with E-state index in [0.717, 1.165) is 5.56 Å². The van der Waals surface area contributed by atoms with Crippen molar-refractivity contribution in [3.05, 3.63) is 65.0 Å². The van der Waals surface area contributed by atoms with Gasteiger partial charge in [0, 0.05) is 23.0 Å². The standard InChI is InChI=1S/C15H11ClN2O3/c16-11-3-1-2-10(8-11)4-5-14(19)18-12-6-7-17-13(9-12)15(20)21/h1-9H,(H,20,21)(H,17,18,19). The molecule has 0 atom stereocenters. The van der Waals surface area contributed by atoms with Crippen LogP contribution in [0.4, 0.5) is 5.69 Å². The molecule has 21 heavy (non-hydrogen) atoms. The van der Waals surface area contributed by atoms with Crippen LogP contribution in [0.5, 0.6) is 0 Å². The fourth-order valence-corrected chi connectivity index (χ4v) is 1.79. The maximum Gasteiger partial charge on any atom is 0.354 e. The number of amides is 1. The fourth-order valence-electron chi connectivity index (χ4n) is 1.59. The molecule has 1 aromatic heterocycles. The Labute approximate surface area is 125 Å². The Morgan fingerprint density at radius 2 is 2.05 bits per heavy atom. The van der Waals surface area contributed by atoms with Gasteiger partial charge in [0.25, 0.3) is 0 Å². The molecule has 0 spiro atoms. The summed E-state index contributed by atoms with van der Waals surface area (Å²) in [5.41, 5.74) is 1.02. The average Bonchev–Trinajstić information content (AvgIpc) is 2.45. The van der Waals surface area contributed by atoms with Gasteiger partial charge in [0.1, 0.15) is 5.69 Å². The van der Waals surface area contributed by atoms with E-state index >= 15 is 0 Å². The lowest BCUT2D eigenvalue weighted by Gasteiger charge is -2.02. The van der Waals surface area contributed by atoms with Gasteiger partial charge in [-0.25, -0.2) is 9.78 Å². The van der Waals surface area contributed by atoms with Crippen molar-refractivity contribution in [2.45, 2.75) is 0 Å². The van der Waals surface area contributed by atoms with Crippen LogP contribution in [-0.2, 0) is 4.79 Å². The van der Waals surface area contributed by atoms with Gasteiger partial charge in [0.2, 0.25) is 5.91 Å². The first-order valence-electron chi connectivity index (χ1n) is 5.98. The number of carboxylic acid groups (broad SMARTS) is 1. The van der Waals surface area contributed by atoms with Gasteiger partial charge in [0.15, 0.2) is 0 Å². The van der Waals surface area contributed by atoms with Gasteiger partial charge in [-0.05, 0) is 35.9 Å². The van der Waals surface area contributed by atoms with Crippen LogP contribution < -0.4 is 5.32 Å². The molecule has 0 aliphatic carbocycles. The fraction of sp³-hybridized carbons (Fsp3) is 0. The third-order valence-electron chi connectivity index (χ3n) is 2.52. The van der Waals surface area contributed by atoms with Crippen LogP contribution >= 0.6 is 11.6 Å². The van der Waals surface area contributed by atoms with Crippen LogP contribution in [0.15, 0.2) is 48.7 Å². The molecule has 2 aromatic rings. The van der Waals surface area contributed by atoms with E-state index in [0.29, 0.717) is 10.7 Å². The van der Waals surface area contributed by atoms with Crippen molar-refractivity contribution < 1.29 is 14.7 Å². The van der Waals surface area contributed by atoms with Gasteiger partial charge < -0.3 is 10.4 Å². The molecule has 0 fully saturated rings. The third-order valence-corrected chi connectivity index (χ3v) is 2.76. The van der Waals surface area contributed by atoms with Crippen LogP contribution in [0.2, 0.25) is 5.02 Å². The number of aromatic carboxylic acids is 1. The number of carbonyl (C=O) groups excluding carboxylic acids is 1. The topological polar surface area (TPSA) is 79.3 Å². The first kappa shape index (κ1) is 14.7. The summed E-state index contributed by atoms with van der Waals surface area (Å²) in [5.74, 6) is -1.53. The van der Waals surface area contributed by atoms with Crippen LogP contribution in [0.1, 0.15) is 16.1 Å². The molecule has 0 unspecified atom stereocenters. The zero-order valence-corrected chi connectivity index (χ0v) is 11.5. The molecule has 0 aliphatic heterocycles. The normalized spacial score (nSPS) is 10.5. The minimum absolute atomic E-state index is 0.133. The highest BCUT2D eigenvalue weighted by Crippen LogP contribution is 2.12. The Bertz CT molecular complexity index is 714. The number of hydrogen-bond acceptors (Lipinski definition) is 3. The molecule has 5 nitrogen and oxygen atoms in total. The summed E-state index contributed by atoms with van der Waals surface area (Å²) in [6.07, 6.45) is 4.27. The van der Waals surface area contributed by atoms with Crippen molar-refractivity contribution in [2.75, 3.05) is 5.32 Å². The minimum atomic E-state index is -1.15. The van der Waals surface area contributed by atoms with Crippen LogP contribution in [0, 0.1) is 0 Å². The molecular weight excluding hydrogens is 292 g/mol. The zero-order valence-electron chi connectivity index (χ0n) is 10.8. The van der Waals surface area contributed by atoms with E-state index in [2.05, 4.69) is 10.3 Å². The van der Waals surface area contributed by atoms with Crippen molar-refractivity contribution in [2.24, 2.45) is 0 Å². The van der Waals surface area contributed by atoms with Crippen LogP contribution in [-0.4, -0.2) is 22.0 Å². The molecule has 0 bridgehead atoms. The number of carbonyl (C=O) groups is 2. The number of nitrogens with zero attached hydrogens (tertiary/aromatic N) is 1. The molecule has 1 heterocycles. The number of nitrogens with one attached hydrogen (secondary N) is 1. The van der Waals surface area contributed by atoms with Gasteiger partial charge in [-0.3, -0.25) is 4.79 Å². The number of rotatable bonds is 4. The predicted molar refractivity (Wildman–Crippen MR) is 80.3 cm³/mol. The highest BCUT2D eigenvalue weighted by molar-refractivity contribution is 6.30. The SMILES string of the molecule is O=C(C=Cc1cccc(Cl)c1)Nc1ccnc(C(=O)O)c1. The summed E-state index contributed by atoms with van der Waals surface area (Å²) in [6.45, 7) is 0. The quantitative estimate of drug-likeness (QED) is 0.851. The van der Waals surface area contributed by atoms with Crippen molar-refractivity contribution in [3.8, 4) is 0 Å². The Kier molecular flexibility index (Phi) is 4.68. The molecule has 1 aromatic carbocycles. The number of pyridine rings is 1. The van der Waals surface area contributed by atoms with Gasteiger partial charge in [-0.15, -0.1) is 0 Å². The maximum absolute atomic E-state index is 11.8. The third kappa shape index (κ3) is 4.43. The van der Waals surface area contributed by atoms with Crippen molar-refractivity contribution in [1.82, 2.24) is 4.98 Å². The molecule has 106 valence electrons. The van der Waals surface area contributed by atoms with Crippen LogP contribution in [0.3, 0.4) is 0 Å². The van der Waals surface area contributed by atoms with Gasteiger partial charge >= 0.3 is 5.97 Å². The molecule has 0 saturated carbocycles. The molecule has 1 amide bonds. The van der Waals surface area contributed by atoms with Gasteiger partial charge in [-0.2, -0.15) is 0 Å². The summed E-state index contributed by atoms with van der Waals surface area (Å²) in [6, 6.07) is 9.85. The molecule has 0 aliphatic rings. The van der Waals surface area contributed by atoms with E-state index in [4.69, 9.17) is 16.7 Å². The number of halogens is 1. The second-order valence-electron chi connectivity index (χ2n) is 4.11. The monoisotopic (exact) mass is 302 g/mol. The number of carboxylic acids is 1. The van der Waals surface area contributed by atoms with E-state index in [9.17, 15) is 9.59 Å². The van der Waals surface area contributed by atoms with E-state index in [1.165, 1.54) is 24.4 Å². The second-order valence-corrected chi connectivity index (χ2v) is 4.55. The number of aromatic nitrogens is 1. The second kappa shape index (κ2) is 6.67. The summed E-state index contributed by atoms with van der Waals surface area (Å²) in [5, 5.41) is 12.0. The highest BCUT2D eigenvalue weighted by atomic mass is 35.5. The molecule has 2 rings (SSSR count). The van der Waals surface area contributed by atoms with E-state index < -0.39 is 5.97 Å². The Hall–Kier alpha value is -2.66. The highest BCUT2D eigenvalue weighted by Gasteiger charge is 2.06. The summed E-state index contributed by atoms with van der Waals surface area (Å²) >= 11 is 5.84. The predicted octanol–water partition coefficient (Wildman–Crippen LogP) is 3.09. The maximum atomic E-state index is 11.8. The number of hydrogen-bond donors (Lipinski definition) is 2. The summed E-state index contributed by atoms with van der Waals surface area (Å²) < 4.78 is 0. The van der Waals surface area contributed by atoms with E-state index in [1.807, 2.05) is 6.07 Å². The molecular formula is C15H11ClN2O3. The van der Waals surface area contributed by atoms with Crippen molar-refractivity contribution >= 4 is 35.2 Å². The Morgan fingerprint density at radius 1 is 1.24 bits per heavy atom. The average molecular weight is 303 g/mol. The Morgan fingerprint density at radius 3 is 2.76 bits per heavy atom. The molecule has 0 saturated heterocycles. The van der Waals surface area contributed by atoms with Gasteiger partial charge in [0.05, 0.1) is 0 Å². The smallest absolute Gasteiger partial charge is 0.354 e. The first-order valence-corrected chi connectivity index (χ1v) is 6.36. The lowest BCUT2D eigenvalue weighted by molar-refractivity contribution is -0.111. The van der Waals surface area contributed by atoms with Crippen molar-refractivity contribution in [3.63, 3.8) is 0 Å². The van der Waals surface area contributed by atoms with Crippen molar-refractivity contribution in [1.29, 1.82) is 0 Å². The molecule has 0 radical (unpaired) electrons. The van der Waals surface area contributed by atoms with E-state index in [-0.39, 0.29) is 11.6 Å². The minimum Gasteiger partial charge on any atom is -0.477 e. The Balaban J connectivity index is 2.05. The van der Waals surface area contributed by atoms with Gasteiger partial charge in [-0.1, -0.05) is 23.7 Å². The first-order chi connectivity index (χ1) is 10.0. The molecule has 6 heteroatoms. The summed E-state index contributed by atoms with van der Waals surface area (Å²) in [7, 11) is 0. The lowest BCUT2D eigenvalue weighted by atomic mass is 10.2. The van der Waals surface area contributed by atoms with E-state index in [1.54, 1.807) is 24.3 Å². The number of anilines is 1. The lowest BCUT2D eigenvalue weighted by Crippen LogP contribution is -2.09. The van der Waals surface area contributed by atoms with Crippen LogP contribution in [0.25, 0.3) is 6.08 Å². The summed E-state index contributed by atoms with van der Waals surface area (Å²) in [4.78, 5) is 26.2. The zero-order chi connectivity index (χ0) is 15.2.